The van der Waals surface area contributed by atoms with Gasteiger partial charge in [0.2, 0.25) is 0 Å². The van der Waals surface area contributed by atoms with Crippen molar-refractivity contribution in [3.63, 3.8) is 0 Å². The summed E-state index contributed by atoms with van der Waals surface area (Å²) >= 11 is 0. The van der Waals surface area contributed by atoms with E-state index in [0.717, 1.165) is 10.5 Å². The van der Waals surface area contributed by atoms with Crippen molar-refractivity contribution in [2.24, 2.45) is 0 Å². The quantitative estimate of drug-likeness (QED) is 0.882. The summed E-state index contributed by atoms with van der Waals surface area (Å²) in [7, 11) is 0. The second-order valence-corrected chi connectivity index (χ2v) is 6.99. The number of anilines is 1. The van der Waals surface area contributed by atoms with Crippen molar-refractivity contribution in [2.75, 3.05) is 18.1 Å². The third-order valence-corrected chi connectivity index (χ3v) is 5.10. The van der Waals surface area contributed by atoms with Crippen molar-refractivity contribution in [1.29, 1.82) is 0 Å². The van der Waals surface area contributed by atoms with E-state index in [0.29, 0.717) is 24.4 Å². The molecule has 2 atom stereocenters. The summed E-state index contributed by atoms with van der Waals surface area (Å²) in [5.41, 5.74) is 1.52. The van der Waals surface area contributed by atoms with E-state index in [1.807, 2.05) is 37.3 Å². The van der Waals surface area contributed by atoms with Gasteiger partial charge in [0.15, 0.2) is 6.61 Å². The van der Waals surface area contributed by atoms with Crippen LogP contribution in [0.5, 0.6) is 5.75 Å². The fraction of sp³-hybridized carbons (Fsp3) is 0.286. The molecule has 7 nitrogen and oxygen atoms in total. The predicted octanol–water partition coefficient (Wildman–Crippen LogP) is 2.10. The zero-order chi connectivity index (χ0) is 19.7. The molecule has 7 heteroatoms. The van der Waals surface area contributed by atoms with Crippen LogP contribution in [0.3, 0.4) is 0 Å². The molecule has 28 heavy (non-hydrogen) atoms. The number of hydrogen-bond donors (Lipinski definition) is 1. The molecule has 4 amide bonds. The van der Waals surface area contributed by atoms with Gasteiger partial charge in [-0.2, -0.15) is 0 Å². The normalized spacial score (nSPS) is 21.3. The van der Waals surface area contributed by atoms with E-state index in [1.165, 1.54) is 4.90 Å². The summed E-state index contributed by atoms with van der Waals surface area (Å²) in [5, 5.41) is 2.86. The molecular weight excluding hydrogens is 358 g/mol. The van der Waals surface area contributed by atoms with Gasteiger partial charge in [0.05, 0.1) is 11.7 Å². The highest BCUT2D eigenvalue weighted by molar-refractivity contribution is 6.19. The molecule has 0 aromatic heterocycles. The van der Waals surface area contributed by atoms with Crippen LogP contribution in [0.1, 0.15) is 12.0 Å². The Morgan fingerprint density at radius 2 is 1.82 bits per heavy atom. The minimum Gasteiger partial charge on any atom is -0.484 e. The number of aryl methyl sites for hydroxylation is 1. The Hall–Kier alpha value is -3.35. The molecule has 0 bridgehead atoms. The number of nitrogens with one attached hydrogen (secondary N) is 1. The van der Waals surface area contributed by atoms with Crippen molar-refractivity contribution in [2.45, 2.75) is 25.4 Å². The molecule has 2 saturated heterocycles. The molecule has 2 aromatic carbocycles. The van der Waals surface area contributed by atoms with Gasteiger partial charge in [0.25, 0.3) is 11.8 Å². The zero-order valence-corrected chi connectivity index (χ0v) is 15.5. The fourth-order valence-corrected chi connectivity index (χ4v) is 3.67. The first-order valence-electron chi connectivity index (χ1n) is 9.23. The van der Waals surface area contributed by atoms with E-state index in [4.69, 9.17) is 4.74 Å². The number of para-hydroxylation sites is 1. The molecule has 2 aliphatic rings. The number of amides is 4. The first-order chi connectivity index (χ1) is 13.5. The Morgan fingerprint density at radius 3 is 2.54 bits per heavy atom. The van der Waals surface area contributed by atoms with Gasteiger partial charge in [-0.1, -0.05) is 35.9 Å². The van der Waals surface area contributed by atoms with Crippen LogP contribution in [-0.2, 0) is 9.59 Å². The summed E-state index contributed by atoms with van der Waals surface area (Å²) in [4.78, 5) is 40.9. The highest BCUT2D eigenvalue weighted by Gasteiger charge is 2.49. The average Bonchev–Trinajstić information content (AvgIpc) is 3.12. The predicted molar refractivity (Wildman–Crippen MR) is 103 cm³/mol. The summed E-state index contributed by atoms with van der Waals surface area (Å²) in [6.45, 7) is 2.18. The lowest BCUT2D eigenvalue weighted by Crippen LogP contribution is -2.65. The largest absolute Gasteiger partial charge is 0.484 e. The number of likely N-dealkylation sites (tertiary alicyclic amines) is 1. The second kappa shape index (κ2) is 7.34. The molecule has 2 heterocycles. The summed E-state index contributed by atoms with van der Waals surface area (Å²) in [6, 6.07) is 14.6. The number of hydrogen-bond acceptors (Lipinski definition) is 4. The van der Waals surface area contributed by atoms with Crippen molar-refractivity contribution in [3.8, 4) is 5.75 Å². The molecule has 2 fully saturated rings. The lowest BCUT2D eigenvalue weighted by atomic mass is 10.0. The minimum absolute atomic E-state index is 0.154. The first-order valence-corrected chi connectivity index (χ1v) is 9.23. The van der Waals surface area contributed by atoms with E-state index in [-0.39, 0.29) is 24.5 Å². The number of imide groups is 1. The molecule has 0 spiro atoms. The molecule has 4 rings (SSSR count). The third kappa shape index (κ3) is 3.31. The first kappa shape index (κ1) is 18.0. The SMILES string of the molecule is Cc1ccc(N2C(=O)NC3CCN(C(=O)COc4ccccc4)C3C2=O)cc1. The molecular formula is C21H21N3O4. The number of urea groups is 1. The number of ether oxygens (including phenoxy) is 1. The summed E-state index contributed by atoms with van der Waals surface area (Å²) < 4.78 is 5.54. The van der Waals surface area contributed by atoms with E-state index in [1.54, 1.807) is 24.3 Å². The van der Waals surface area contributed by atoms with Gasteiger partial charge in [0.1, 0.15) is 11.8 Å². The minimum atomic E-state index is -0.717. The Labute approximate surface area is 162 Å². The van der Waals surface area contributed by atoms with Gasteiger partial charge >= 0.3 is 6.03 Å². The van der Waals surface area contributed by atoms with Crippen LogP contribution in [0.25, 0.3) is 0 Å². The molecule has 2 aromatic rings. The zero-order valence-electron chi connectivity index (χ0n) is 15.5. The number of benzene rings is 2. The van der Waals surface area contributed by atoms with Gasteiger partial charge in [0, 0.05) is 6.54 Å². The maximum atomic E-state index is 13.1. The van der Waals surface area contributed by atoms with E-state index >= 15 is 0 Å². The number of nitrogens with zero attached hydrogens (tertiary/aromatic N) is 2. The van der Waals surface area contributed by atoms with Crippen LogP contribution in [0.4, 0.5) is 10.5 Å². The number of rotatable bonds is 4. The van der Waals surface area contributed by atoms with Crippen LogP contribution in [0, 0.1) is 6.92 Å². The van der Waals surface area contributed by atoms with Crippen LogP contribution < -0.4 is 15.0 Å². The highest BCUT2D eigenvalue weighted by atomic mass is 16.5. The van der Waals surface area contributed by atoms with Gasteiger partial charge < -0.3 is 15.0 Å². The maximum absolute atomic E-state index is 13.1. The Morgan fingerprint density at radius 1 is 1.11 bits per heavy atom. The lowest BCUT2D eigenvalue weighted by Gasteiger charge is -2.36. The van der Waals surface area contributed by atoms with Gasteiger partial charge in [-0.15, -0.1) is 0 Å². The van der Waals surface area contributed by atoms with E-state index in [2.05, 4.69) is 5.32 Å². The van der Waals surface area contributed by atoms with Crippen LogP contribution in [-0.4, -0.2) is 48.0 Å². The van der Waals surface area contributed by atoms with Crippen LogP contribution >= 0.6 is 0 Å². The number of carbonyl (C=O) groups excluding carboxylic acids is 3. The fourth-order valence-electron chi connectivity index (χ4n) is 3.67. The second-order valence-electron chi connectivity index (χ2n) is 6.99. The Balaban J connectivity index is 1.51. The summed E-state index contributed by atoms with van der Waals surface area (Å²) in [5.74, 6) is -0.0657. The topological polar surface area (TPSA) is 79.0 Å². The monoisotopic (exact) mass is 379 g/mol. The molecule has 0 saturated carbocycles. The van der Waals surface area contributed by atoms with Gasteiger partial charge in [-0.3, -0.25) is 9.59 Å². The number of fused-ring (bicyclic) bond motifs is 1. The van der Waals surface area contributed by atoms with Crippen LogP contribution in [0.2, 0.25) is 0 Å². The lowest BCUT2D eigenvalue weighted by molar-refractivity contribution is -0.139. The highest BCUT2D eigenvalue weighted by Crippen LogP contribution is 2.28. The van der Waals surface area contributed by atoms with E-state index < -0.39 is 12.1 Å². The average molecular weight is 379 g/mol. The molecule has 0 aliphatic carbocycles. The molecule has 144 valence electrons. The molecule has 2 aliphatic heterocycles. The maximum Gasteiger partial charge on any atom is 0.329 e. The van der Waals surface area contributed by atoms with Crippen LogP contribution in [0.15, 0.2) is 54.6 Å². The number of carbonyl (C=O) groups is 3. The smallest absolute Gasteiger partial charge is 0.329 e. The van der Waals surface area contributed by atoms with Crippen molar-refractivity contribution in [3.05, 3.63) is 60.2 Å². The Bertz CT molecular complexity index is 898. The molecule has 0 radical (unpaired) electrons. The van der Waals surface area contributed by atoms with Gasteiger partial charge in [-0.05, 0) is 37.6 Å². The molecule has 2 unspecified atom stereocenters. The standard InChI is InChI=1S/C21H21N3O4/c1-14-7-9-15(10-8-14)24-20(26)19-17(22-21(24)27)11-12-23(19)18(25)13-28-16-5-3-2-4-6-16/h2-10,17,19H,11-13H2,1H3,(H,22,27). The molecule has 1 N–H and O–H groups in total. The van der Waals surface area contributed by atoms with E-state index in [9.17, 15) is 14.4 Å². The van der Waals surface area contributed by atoms with Crippen molar-refractivity contribution < 1.29 is 19.1 Å². The summed E-state index contributed by atoms with van der Waals surface area (Å²) in [6.07, 6.45) is 0.543. The van der Waals surface area contributed by atoms with Crippen molar-refractivity contribution >= 4 is 23.5 Å². The van der Waals surface area contributed by atoms with Crippen molar-refractivity contribution in [1.82, 2.24) is 10.2 Å². The Kier molecular flexibility index (Phi) is 4.73. The third-order valence-electron chi connectivity index (χ3n) is 5.10. The van der Waals surface area contributed by atoms with Gasteiger partial charge in [-0.25, -0.2) is 9.69 Å².